The van der Waals surface area contributed by atoms with Crippen LogP contribution in [0.1, 0.15) is 21.1 Å². The third kappa shape index (κ3) is 3.88. The Morgan fingerprint density at radius 3 is 2.57 bits per heavy atom. The Labute approximate surface area is 183 Å². The van der Waals surface area contributed by atoms with Crippen LogP contribution in [0.15, 0.2) is 53.9 Å². The van der Waals surface area contributed by atoms with E-state index in [1.807, 2.05) is 41.5 Å². The number of aryl methyl sites for hydroxylation is 1. The fourth-order valence-corrected chi connectivity index (χ4v) is 5.51. The Hall–Kier alpha value is -2.61. The van der Waals surface area contributed by atoms with Gasteiger partial charge in [0.25, 0.3) is 5.91 Å². The molecule has 7 heteroatoms. The fourth-order valence-electron chi connectivity index (χ4n) is 3.81. The molecule has 1 aliphatic heterocycles. The highest BCUT2D eigenvalue weighted by molar-refractivity contribution is 7.18. The molecule has 0 bridgehead atoms. The maximum Gasteiger partial charge on any atom is 0.255 e. The lowest BCUT2D eigenvalue weighted by Crippen LogP contribution is -2.48. The summed E-state index contributed by atoms with van der Waals surface area (Å²) in [5, 5.41) is 3.18. The van der Waals surface area contributed by atoms with Gasteiger partial charge in [-0.05, 0) is 42.6 Å². The normalized spacial score (nSPS) is 15.0. The zero-order chi connectivity index (χ0) is 20.5. The average Bonchev–Trinajstić information content (AvgIpc) is 3.43. The number of piperazine rings is 1. The number of thiazole rings is 1. The molecular weight excluding hydrogens is 412 g/mol. The van der Waals surface area contributed by atoms with Crippen LogP contribution in [0.3, 0.4) is 0 Å². The van der Waals surface area contributed by atoms with Crippen LogP contribution in [0.2, 0.25) is 0 Å². The monoisotopic (exact) mass is 434 g/mol. The van der Waals surface area contributed by atoms with Crippen LogP contribution in [0.25, 0.3) is 20.8 Å². The first-order chi connectivity index (χ1) is 14.7. The molecule has 30 heavy (non-hydrogen) atoms. The van der Waals surface area contributed by atoms with Crippen molar-refractivity contribution in [2.24, 2.45) is 0 Å². The molecule has 0 aliphatic carbocycles. The molecule has 1 aromatic carbocycles. The molecule has 1 fully saturated rings. The van der Waals surface area contributed by atoms with Crippen LogP contribution in [0.4, 0.5) is 0 Å². The van der Waals surface area contributed by atoms with Crippen molar-refractivity contribution >= 4 is 38.8 Å². The number of para-hydroxylation sites is 1. The molecule has 0 unspecified atom stereocenters. The van der Waals surface area contributed by atoms with Crippen molar-refractivity contribution in [3.8, 4) is 10.6 Å². The number of hydrogen-bond donors (Lipinski definition) is 0. The van der Waals surface area contributed by atoms with Gasteiger partial charge in [-0.3, -0.25) is 14.7 Å². The van der Waals surface area contributed by atoms with E-state index in [-0.39, 0.29) is 5.91 Å². The minimum Gasteiger partial charge on any atom is -0.336 e. The molecule has 0 saturated carbocycles. The molecule has 0 atom stereocenters. The second kappa shape index (κ2) is 8.26. The van der Waals surface area contributed by atoms with E-state index in [1.54, 1.807) is 22.7 Å². The molecule has 3 aromatic heterocycles. The molecule has 5 rings (SSSR count). The number of aromatic nitrogens is 2. The number of hydrogen-bond acceptors (Lipinski definition) is 6. The third-order valence-electron chi connectivity index (χ3n) is 5.45. The van der Waals surface area contributed by atoms with Crippen LogP contribution in [0, 0.1) is 6.92 Å². The lowest BCUT2D eigenvalue weighted by Gasteiger charge is -2.34. The van der Waals surface area contributed by atoms with Gasteiger partial charge in [0.05, 0.1) is 38.6 Å². The molecule has 4 aromatic rings. The van der Waals surface area contributed by atoms with Gasteiger partial charge in [-0.25, -0.2) is 4.98 Å². The van der Waals surface area contributed by atoms with Gasteiger partial charge < -0.3 is 4.90 Å². The number of fused-ring (bicyclic) bond motifs is 1. The second-order valence-electron chi connectivity index (χ2n) is 7.45. The highest BCUT2D eigenvalue weighted by atomic mass is 32.1. The Morgan fingerprint density at radius 1 is 1.00 bits per heavy atom. The Balaban J connectivity index is 1.22. The summed E-state index contributed by atoms with van der Waals surface area (Å²) in [5.74, 6) is 0.0809. The number of carbonyl (C=O) groups excluding carboxylic acids is 1. The maximum absolute atomic E-state index is 13.1. The average molecular weight is 435 g/mol. The van der Waals surface area contributed by atoms with Gasteiger partial charge in [-0.2, -0.15) is 0 Å². The van der Waals surface area contributed by atoms with Crippen molar-refractivity contribution in [2.45, 2.75) is 13.5 Å². The molecular formula is C23H22N4OS2. The smallest absolute Gasteiger partial charge is 0.255 e. The molecule has 5 nitrogen and oxygen atoms in total. The number of nitrogens with zero attached hydrogens (tertiary/aromatic N) is 4. The summed E-state index contributed by atoms with van der Waals surface area (Å²) < 4.78 is 1.23. The molecule has 0 radical (unpaired) electrons. The van der Waals surface area contributed by atoms with E-state index in [9.17, 15) is 4.79 Å². The number of thiophene rings is 1. The molecule has 1 saturated heterocycles. The van der Waals surface area contributed by atoms with Crippen LogP contribution < -0.4 is 0 Å². The summed E-state index contributed by atoms with van der Waals surface area (Å²) in [4.78, 5) is 27.9. The second-order valence-corrected chi connectivity index (χ2v) is 9.51. The Morgan fingerprint density at radius 2 is 1.83 bits per heavy atom. The van der Waals surface area contributed by atoms with Crippen LogP contribution in [-0.2, 0) is 6.54 Å². The first kappa shape index (κ1) is 19.4. The van der Waals surface area contributed by atoms with Crippen LogP contribution >= 0.6 is 22.7 Å². The van der Waals surface area contributed by atoms with Gasteiger partial charge in [-0.1, -0.05) is 18.2 Å². The predicted octanol–water partition coefficient (Wildman–Crippen LogP) is 4.69. The zero-order valence-corrected chi connectivity index (χ0v) is 18.4. The van der Waals surface area contributed by atoms with Crippen molar-refractivity contribution in [1.82, 2.24) is 19.8 Å². The van der Waals surface area contributed by atoms with Gasteiger partial charge in [0.2, 0.25) is 0 Å². The van der Waals surface area contributed by atoms with Crippen molar-refractivity contribution < 1.29 is 4.79 Å². The summed E-state index contributed by atoms with van der Waals surface area (Å²) in [6, 6.07) is 16.2. The van der Waals surface area contributed by atoms with Gasteiger partial charge in [0, 0.05) is 26.2 Å². The van der Waals surface area contributed by atoms with E-state index >= 15 is 0 Å². The van der Waals surface area contributed by atoms with E-state index in [4.69, 9.17) is 4.98 Å². The van der Waals surface area contributed by atoms with E-state index in [0.29, 0.717) is 5.56 Å². The van der Waals surface area contributed by atoms with Gasteiger partial charge >= 0.3 is 0 Å². The highest BCUT2D eigenvalue weighted by Crippen LogP contribution is 2.25. The van der Waals surface area contributed by atoms with E-state index in [0.717, 1.165) is 59.5 Å². The topological polar surface area (TPSA) is 49.3 Å². The number of benzene rings is 1. The van der Waals surface area contributed by atoms with Crippen LogP contribution in [-0.4, -0.2) is 51.9 Å². The lowest BCUT2D eigenvalue weighted by molar-refractivity contribution is 0.0627. The summed E-state index contributed by atoms with van der Waals surface area (Å²) in [5.41, 5.74) is 3.50. The Bertz CT molecular complexity index is 1140. The summed E-state index contributed by atoms with van der Waals surface area (Å²) in [6.45, 7) is 5.96. The molecule has 0 spiro atoms. The van der Waals surface area contributed by atoms with Crippen molar-refractivity contribution in [1.29, 1.82) is 0 Å². The fraction of sp³-hybridized carbons (Fsp3) is 0.261. The standard InChI is InChI=1S/C23H22N4OS2/c1-16-17(8-9-19(24-16)20-7-4-14-29-20)23(28)27-12-10-26(11-13-27)15-22-25-18-5-2-3-6-21(18)30-22/h2-9,14H,10-13,15H2,1H3. The first-order valence-electron chi connectivity index (χ1n) is 10.0. The van der Waals surface area contributed by atoms with E-state index < -0.39 is 0 Å². The minimum absolute atomic E-state index is 0.0809. The van der Waals surface area contributed by atoms with E-state index in [1.165, 1.54) is 4.70 Å². The van der Waals surface area contributed by atoms with E-state index in [2.05, 4.69) is 34.1 Å². The third-order valence-corrected chi connectivity index (χ3v) is 7.36. The number of pyridine rings is 1. The number of rotatable bonds is 4. The van der Waals surface area contributed by atoms with Gasteiger partial charge in [0.1, 0.15) is 5.01 Å². The molecule has 152 valence electrons. The largest absolute Gasteiger partial charge is 0.336 e. The highest BCUT2D eigenvalue weighted by Gasteiger charge is 2.24. The molecule has 1 aliphatic rings. The minimum atomic E-state index is 0.0809. The van der Waals surface area contributed by atoms with Gasteiger partial charge in [0.15, 0.2) is 0 Å². The molecule has 4 heterocycles. The van der Waals surface area contributed by atoms with Crippen molar-refractivity contribution in [2.75, 3.05) is 26.2 Å². The van der Waals surface area contributed by atoms with Crippen molar-refractivity contribution in [3.63, 3.8) is 0 Å². The maximum atomic E-state index is 13.1. The molecule has 0 N–H and O–H groups in total. The Kier molecular flexibility index (Phi) is 5.33. The molecule has 1 amide bonds. The summed E-state index contributed by atoms with van der Waals surface area (Å²) >= 11 is 3.42. The van der Waals surface area contributed by atoms with Crippen molar-refractivity contribution in [3.05, 3.63) is 70.2 Å². The van der Waals surface area contributed by atoms with Crippen LogP contribution in [0.5, 0.6) is 0 Å². The van der Waals surface area contributed by atoms with Gasteiger partial charge in [-0.15, -0.1) is 22.7 Å². The number of carbonyl (C=O) groups is 1. The quantitative estimate of drug-likeness (QED) is 0.468. The lowest BCUT2D eigenvalue weighted by atomic mass is 10.1. The summed E-state index contributed by atoms with van der Waals surface area (Å²) in [7, 11) is 0. The SMILES string of the molecule is Cc1nc(-c2cccs2)ccc1C(=O)N1CCN(Cc2nc3ccccc3s2)CC1. The summed E-state index contributed by atoms with van der Waals surface area (Å²) in [6.07, 6.45) is 0. The predicted molar refractivity (Wildman–Crippen MR) is 123 cm³/mol. The first-order valence-corrected chi connectivity index (χ1v) is 11.7. The zero-order valence-electron chi connectivity index (χ0n) is 16.7. The number of amides is 1.